The van der Waals surface area contributed by atoms with Crippen LogP contribution in [-0.2, 0) is 4.79 Å². The molecule has 146 valence electrons. The van der Waals surface area contributed by atoms with Crippen LogP contribution in [0.4, 0.5) is 0 Å². The average Bonchev–Trinajstić information content (AvgIpc) is 3.20. The summed E-state index contributed by atoms with van der Waals surface area (Å²) in [7, 11) is 3.16. The van der Waals surface area contributed by atoms with E-state index in [1.807, 2.05) is 11.0 Å². The largest absolute Gasteiger partial charge is 0.493 e. The lowest BCUT2D eigenvalue weighted by Gasteiger charge is -2.35. The number of amides is 1. The second-order valence-electron chi connectivity index (χ2n) is 6.38. The molecule has 0 radical (unpaired) electrons. The molecule has 0 N–H and O–H groups in total. The van der Waals surface area contributed by atoms with Gasteiger partial charge in [0.15, 0.2) is 11.5 Å². The molecule has 8 heteroatoms. The van der Waals surface area contributed by atoms with E-state index in [1.165, 1.54) is 18.2 Å². The Kier molecular flexibility index (Phi) is 6.60. The van der Waals surface area contributed by atoms with Crippen molar-refractivity contribution in [1.29, 1.82) is 0 Å². The minimum atomic E-state index is 0.136. The third kappa shape index (κ3) is 4.55. The zero-order valence-corrected chi connectivity index (χ0v) is 16.8. The zero-order valence-electron chi connectivity index (χ0n) is 15.9. The first-order valence-corrected chi connectivity index (χ1v) is 10.1. The van der Waals surface area contributed by atoms with Gasteiger partial charge in [0.25, 0.3) is 5.22 Å². The van der Waals surface area contributed by atoms with E-state index in [-0.39, 0.29) is 5.91 Å². The van der Waals surface area contributed by atoms with E-state index >= 15 is 0 Å². The monoisotopic (exact) mass is 391 g/mol. The minimum absolute atomic E-state index is 0.136. The van der Waals surface area contributed by atoms with Crippen LogP contribution in [0.3, 0.4) is 0 Å². The number of carbonyl (C=O) groups is 1. The Morgan fingerprint density at radius 1 is 1.26 bits per heavy atom. The molecule has 1 amide bonds. The van der Waals surface area contributed by atoms with Gasteiger partial charge in [0.05, 0.1) is 20.0 Å². The Morgan fingerprint density at radius 3 is 2.81 bits per heavy atom. The number of rotatable bonds is 7. The molecule has 0 unspecified atom stereocenters. The lowest BCUT2D eigenvalue weighted by Crippen LogP contribution is -2.44. The molecule has 3 rings (SSSR count). The Bertz CT molecular complexity index is 780. The van der Waals surface area contributed by atoms with Crippen molar-refractivity contribution in [1.82, 2.24) is 15.1 Å². The van der Waals surface area contributed by atoms with Crippen LogP contribution < -0.4 is 9.47 Å². The van der Waals surface area contributed by atoms with Crippen molar-refractivity contribution in [3.63, 3.8) is 0 Å². The number of piperidine rings is 1. The summed E-state index contributed by atoms with van der Waals surface area (Å²) in [5, 5.41) is 8.52. The molecule has 1 aliphatic rings. The number of benzene rings is 1. The molecule has 1 fully saturated rings. The summed E-state index contributed by atoms with van der Waals surface area (Å²) >= 11 is 1.28. The molecule has 0 aliphatic carbocycles. The number of carbonyl (C=O) groups excluding carboxylic acids is 1. The lowest BCUT2D eigenvalue weighted by molar-refractivity contribution is -0.132. The fourth-order valence-electron chi connectivity index (χ4n) is 3.31. The summed E-state index contributed by atoms with van der Waals surface area (Å²) in [4.78, 5) is 14.6. The molecule has 0 saturated carbocycles. The summed E-state index contributed by atoms with van der Waals surface area (Å²) in [5.74, 6) is 2.05. The van der Waals surface area contributed by atoms with E-state index in [0.717, 1.165) is 31.4 Å². The van der Waals surface area contributed by atoms with E-state index in [4.69, 9.17) is 13.9 Å². The first-order valence-electron chi connectivity index (χ1n) is 9.14. The van der Waals surface area contributed by atoms with E-state index in [1.54, 1.807) is 26.4 Å². The fraction of sp³-hybridized carbons (Fsp3) is 0.526. The van der Waals surface area contributed by atoms with Crippen molar-refractivity contribution in [3.05, 3.63) is 18.2 Å². The zero-order chi connectivity index (χ0) is 19.2. The van der Waals surface area contributed by atoms with Gasteiger partial charge in [-0.1, -0.05) is 18.7 Å². The topological polar surface area (TPSA) is 77.7 Å². The Morgan fingerprint density at radius 2 is 2.07 bits per heavy atom. The van der Waals surface area contributed by atoms with Gasteiger partial charge in [-0.2, -0.15) is 0 Å². The van der Waals surface area contributed by atoms with E-state index in [2.05, 4.69) is 17.1 Å². The van der Waals surface area contributed by atoms with Crippen molar-refractivity contribution < 1.29 is 18.7 Å². The molecule has 2 aromatic rings. The Labute approximate surface area is 163 Å². The maximum absolute atomic E-state index is 12.6. The standard InChI is InChI=1S/C19H25N3O4S/c1-4-14-7-5-6-10-22(14)17(23)12-27-19-21-20-18(26-19)13-8-9-15(24-2)16(11-13)25-3/h8-9,11,14H,4-7,10,12H2,1-3H3/t14-/m0/s1. The highest BCUT2D eigenvalue weighted by molar-refractivity contribution is 7.99. The lowest BCUT2D eigenvalue weighted by atomic mass is 10.0. The van der Waals surface area contributed by atoms with Crippen LogP contribution >= 0.6 is 11.8 Å². The number of thioether (sulfide) groups is 1. The molecule has 2 heterocycles. The van der Waals surface area contributed by atoms with Crippen LogP contribution in [0.1, 0.15) is 32.6 Å². The van der Waals surface area contributed by atoms with Crippen molar-refractivity contribution in [3.8, 4) is 23.0 Å². The highest BCUT2D eigenvalue weighted by Crippen LogP contribution is 2.32. The quantitative estimate of drug-likeness (QED) is 0.667. The Hall–Kier alpha value is -2.22. The predicted octanol–water partition coefficient (Wildman–Crippen LogP) is 3.64. The second-order valence-corrected chi connectivity index (χ2v) is 7.30. The minimum Gasteiger partial charge on any atom is -0.493 e. The van der Waals surface area contributed by atoms with Crippen LogP contribution in [0.25, 0.3) is 11.5 Å². The maximum Gasteiger partial charge on any atom is 0.277 e. The van der Waals surface area contributed by atoms with Crippen LogP contribution in [0.2, 0.25) is 0 Å². The molecule has 1 atom stereocenters. The predicted molar refractivity (Wildman–Crippen MR) is 103 cm³/mol. The van der Waals surface area contributed by atoms with Crippen LogP contribution in [-0.4, -0.2) is 53.6 Å². The summed E-state index contributed by atoms with van der Waals surface area (Å²) in [6, 6.07) is 5.76. The van der Waals surface area contributed by atoms with E-state index < -0.39 is 0 Å². The fourth-order valence-corrected chi connectivity index (χ4v) is 3.96. The number of aromatic nitrogens is 2. The Balaban J connectivity index is 1.63. The van der Waals surface area contributed by atoms with Crippen molar-refractivity contribution >= 4 is 17.7 Å². The molecule has 7 nitrogen and oxygen atoms in total. The molecule has 1 saturated heterocycles. The van der Waals surface area contributed by atoms with Gasteiger partial charge in [-0.05, 0) is 43.9 Å². The molecule has 27 heavy (non-hydrogen) atoms. The summed E-state index contributed by atoms with van der Waals surface area (Å²) in [6.45, 7) is 2.98. The van der Waals surface area contributed by atoms with Gasteiger partial charge in [0, 0.05) is 18.2 Å². The van der Waals surface area contributed by atoms with Crippen molar-refractivity contribution in [2.24, 2.45) is 0 Å². The molecule has 1 aromatic heterocycles. The SMILES string of the molecule is CC[C@H]1CCCCN1C(=O)CSc1nnc(-c2ccc(OC)c(OC)c2)o1. The normalized spacial score (nSPS) is 17.0. The second kappa shape index (κ2) is 9.12. The van der Waals surface area contributed by atoms with Crippen LogP contribution in [0.5, 0.6) is 11.5 Å². The molecular weight excluding hydrogens is 366 g/mol. The first-order chi connectivity index (χ1) is 13.2. The number of hydrogen-bond donors (Lipinski definition) is 0. The molecule has 1 aromatic carbocycles. The van der Waals surface area contributed by atoms with Crippen molar-refractivity contribution in [2.75, 3.05) is 26.5 Å². The van der Waals surface area contributed by atoms with E-state index in [9.17, 15) is 4.79 Å². The number of likely N-dealkylation sites (tertiary alicyclic amines) is 1. The number of nitrogens with zero attached hydrogens (tertiary/aromatic N) is 3. The molecule has 0 bridgehead atoms. The summed E-state index contributed by atoms with van der Waals surface area (Å²) in [6.07, 6.45) is 4.38. The highest BCUT2D eigenvalue weighted by Gasteiger charge is 2.25. The van der Waals surface area contributed by atoms with Gasteiger partial charge >= 0.3 is 0 Å². The molecule has 1 aliphatic heterocycles. The third-order valence-electron chi connectivity index (χ3n) is 4.77. The highest BCUT2D eigenvalue weighted by atomic mass is 32.2. The summed E-state index contributed by atoms with van der Waals surface area (Å²) in [5.41, 5.74) is 0.736. The molecule has 0 spiro atoms. The maximum atomic E-state index is 12.6. The number of hydrogen-bond acceptors (Lipinski definition) is 7. The van der Waals surface area contributed by atoms with Gasteiger partial charge < -0.3 is 18.8 Å². The first kappa shape index (κ1) is 19.5. The number of ether oxygens (including phenoxy) is 2. The van der Waals surface area contributed by atoms with Gasteiger partial charge in [-0.15, -0.1) is 10.2 Å². The third-order valence-corrected chi connectivity index (χ3v) is 5.58. The van der Waals surface area contributed by atoms with Gasteiger partial charge in [-0.25, -0.2) is 0 Å². The van der Waals surface area contributed by atoms with Crippen molar-refractivity contribution in [2.45, 2.75) is 43.9 Å². The van der Waals surface area contributed by atoms with E-state index in [0.29, 0.717) is 34.4 Å². The van der Waals surface area contributed by atoms with Gasteiger partial charge in [0.2, 0.25) is 11.8 Å². The average molecular weight is 391 g/mol. The molecular formula is C19H25N3O4S. The smallest absolute Gasteiger partial charge is 0.277 e. The van der Waals surface area contributed by atoms with Crippen LogP contribution in [0.15, 0.2) is 27.8 Å². The number of methoxy groups -OCH3 is 2. The summed E-state index contributed by atoms with van der Waals surface area (Å²) < 4.78 is 16.2. The van der Waals surface area contributed by atoms with Crippen LogP contribution in [0, 0.1) is 0 Å². The van der Waals surface area contributed by atoms with Gasteiger partial charge in [0.1, 0.15) is 0 Å². The van der Waals surface area contributed by atoms with Gasteiger partial charge in [-0.3, -0.25) is 4.79 Å².